The van der Waals surface area contributed by atoms with Crippen molar-refractivity contribution < 1.29 is 0 Å². The van der Waals surface area contributed by atoms with Gasteiger partial charge in [-0.05, 0) is 40.5 Å². The van der Waals surface area contributed by atoms with Crippen molar-refractivity contribution in [2.45, 2.75) is 25.4 Å². The summed E-state index contributed by atoms with van der Waals surface area (Å²) in [7, 11) is 0. The van der Waals surface area contributed by atoms with Crippen molar-refractivity contribution in [1.82, 2.24) is 0 Å². The normalized spacial score (nSPS) is 24.5. The summed E-state index contributed by atoms with van der Waals surface area (Å²) < 4.78 is 0.408. The number of hydrogen-bond acceptors (Lipinski definition) is 2. The number of thioether (sulfide) groups is 2. The van der Waals surface area contributed by atoms with Gasteiger partial charge < -0.3 is 0 Å². The molecule has 1 aromatic carbocycles. The van der Waals surface area contributed by atoms with Crippen molar-refractivity contribution in [2.24, 2.45) is 11.3 Å². The van der Waals surface area contributed by atoms with Gasteiger partial charge in [0.25, 0.3) is 0 Å². The number of rotatable bonds is 1. The van der Waals surface area contributed by atoms with Gasteiger partial charge in [0.05, 0.1) is 19.6 Å². The topological polar surface area (TPSA) is 0 Å². The van der Waals surface area contributed by atoms with Crippen molar-refractivity contribution in [3.63, 3.8) is 0 Å². The molecule has 1 heterocycles. The Labute approximate surface area is 139 Å². The Balaban J connectivity index is 2.10. The fraction of sp³-hybridized carbons (Fsp3) is 0.571. The summed E-state index contributed by atoms with van der Waals surface area (Å²) in [5, 5.41) is 1.54. The predicted molar refractivity (Wildman–Crippen MR) is 92.1 cm³/mol. The van der Waals surface area contributed by atoms with E-state index in [1.807, 2.05) is 35.7 Å². The summed E-state index contributed by atoms with van der Waals surface area (Å²) >= 11 is 22.2. The second-order valence-electron chi connectivity index (χ2n) is 5.86. The number of benzene rings is 1. The molecule has 1 saturated heterocycles. The highest BCUT2D eigenvalue weighted by atomic mass is 35.5. The summed E-state index contributed by atoms with van der Waals surface area (Å²) in [6, 6.07) is 3.88. The molecule has 5 heteroatoms. The minimum atomic E-state index is 0.375. The molecule has 0 bridgehead atoms. The molecule has 0 aromatic heterocycles. The van der Waals surface area contributed by atoms with Crippen LogP contribution in [0.2, 0.25) is 15.1 Å². The van der Waals surface area contributed by atoms with Crippen molar-refractivity contribution in [1.29, 1.82) is 0 Å². The zero-order chi connectivity index (χ0) is 14.2. The van der Waals surface area contributed by atoms with Gasteiger partial charge in [-0.15, -0.1) is 23.5 Å². The van der Waals surface area contributed by atoms with Crippen molar-refractivity contribution >= 4 is 58.3 Å². The highest BCUT2D eigenvalue weighted by Crippen LogP contribution is 2.50. The molecule has 1 aliphatic rings. The molecule has 0 nitrogen and oxygen atoms in total. The molecule has 0 radical (unpaired) electrons. The molecule has 106 valence electrons. The first kappa shape index (κ1) is 16.2. The molecule has 0 aliphatic carbocycles. The van der Waals surface area contributed by atoms with E-state index < -0.39 is 0 Å². The fourth-order valence-electron chi connectivity index (χ4n) is 1.91. The average molecular weight is 356 g/mol. The van der Waals surface area contributed by atoms with Crippen LogP contribution in [0, 0.1) is 11.3 Å². The van der Waals surface area contributed by atoms with E-state index in [0.717, 1.165) is 5.92 Å². The lowest BCUT2D eigenvalue weighted by atomic mass is 9.83. The van der Waals surface area contributed by atoms with Crippen LogP contribution in [-0.4, -0.2) is 11.5 Å². The largest absolute Gasteiger partial charge is 0.142 e. The molecular formula is C14H17Cl3S2. The zero-order valence-corrected chi connectivity index (χ0v) is 15.1. The maximum Gasteiger partial charge on any atom is 0.0778 e. The van der Waals surface area contributed by atoms with Gasteiger partial charge in [0.2, 0.25) is 0 Å². The molecule has 0 saturated carbocycles. The fourth-order valence-corrected chi connectivity index (χ4v) is 6.23. The van der Waals surface area contributed by atoms with E-state index in [9.17, 15) is 0 Å². The standard InChI is InChI=1S/C14H17Cl3S2/c1-14(2,3)9-6-18-13(19-7-9)8-4-10(15)12(17)11(16)5-8/h4-5,9,13H,6-7H2,1-3H3/t9-,13-. The lowest BCUT2D eigenvalue weighted by Crippen LogP contribution is -2.27. The first-order valence-corrected chi connectivity index (χ1v) is 9.40. The highest BCUT2D eigenvalue weighted by Gasteiger charge is 2.31. The highest BCUT2D eigenvalue weighted by molar-refractivity contribution is 8.16. The van der Waals surface area contributed by atoms with Crippen LogP contribution in [0.25, 0.3) is 0 Å². The van der Waals surface area contributed by atoms with Gasteiger partial charge in [-0.25, -0.2) is 0 Å². The van der Waals surface area contributed by atoms with Gasteiger partial charge in [-0.2, -0.15) is 0 Å². The molecule has 0 amide bonds. The van der Waals surface area contributed by atoms with E-state index in [0.29, 0.717) is 25.1 Å². The molecule has 0 N–H and O–H groups in total. The van der Waals surface area contributed by atoms with Crippen molar-refractivity contribution in [2.75, 3.05) is 11.5 Å². The van der Waals surface area contributed by atoms with E-state index in [2.05, 4.69) is 20.8 Å². The van der Waals surface area contributed by atoms with E-state index in [4.69, 9.17) is 34.8 Å². The van der Waals surface area contributed by atoms with E-state index in [1.54, 1.807) is 0 Å². The van der Waals surface area contributed by atoms with E-state index >= 15 is 0 Å². The Morgan fingerprint density at radius 3 is 1.89 bits per heavy atom. The quantitative estimate of drug-likeness (QED) is 0.509. The van der Waals surface area contributed by atoms with Crippen LogP contribution in [0.3, 0.4) is 0 Å². The van der Waals surface area contributed by atoms with Gasteiger partial charge in [0.15, 0.2) is 0 Å². The predicted octanol–water partition coefficient (Wildman–Crippen LogP) is 6.79. The van der Waals surface area contributed by atoms with Gasteiger partial charge in [0, 0.05) is 0 Å². The third-order valence-electron chi connectivity index (χ3n) is 3.40. The van der Waals surface area contributed by atoms with Crippen LogP contribution in [0.4, 0.5) is 0 Å². The lowest BCUT2D eigenvalue weighted by Gasteiger charge is -2.36. The SMILES string of the molecule is CC(C)(C)[C@H]1CS[C@H](c2cc(Cl)c(Cl)c(Cl)c2)SC1. The molecule has 0 unspecified atom stereocenters. The molecular weight excluding hydrogens is 339 g/mol. The molecule has 0 spiro atoms. The van der Waals surface area contributed by atoms with Gasteiger partial charge in [0.1, 0.15) is 0 Å². The molecule has 2 rings (SSSR count). The third kappa shape index (κ3) is 3.91. The first-order chi connectivity index (χ1) is 8.79. The number of hydrogen-bond donors (Lipinski definition) is 0. The summed E-state index contributed by atoms with van der Waals surface area (Å²) in [5.41, 5.74) is 1.54. The maximum atomic E-state index is 6.10. The van der Waals surface area contributed by atoms with Crippen LogP contribution in [-0.2, 0) is 0 Å². The molecule has 1 fully saturated rings. The van der Waals surface area contributed by atoms with Crippen molar-refractivity contribution in [3.8, 4) is 0 Å². The monoisotopic (exact) mass is 354 g/mol. The minimum absolute atomic E-state index is 0.375. The van der Waals surface area contributed by atoms with Gasteiger partial charge >= 0.3 is 0 Å². The zero-order valence-electron chi connectivity index (χ0n) is 11.2. The van der Waals surface area contributed by atoms with E-state index in [1.165, 1.54) is 17.1 Å². The van der Waals surface area contributed by atoms with Crippen LogP contribution in [0.15, 0.2) is 12.1 Å². The average Bonchev–Trinajstić information content (AvgIpc) is 2.34. The molecule has 1 aliphatic heterocycles. The van der Waals surface area contributed by atoms with Crippen LogP contribution in [0.1, 0.15) is 30.9 Å². The van der Waals surface area contributed by atoms with Gasteiger partial charge in [-0.1, -0.05) is 55.6 Å². The minimum Gasteiger partial charge on any atom is -0.142 e. The Kier molecular flexibility index (Phi) is 5.34. The second-order valence-corrected chi connectivity index (χ2v) is 9.63. The van der Waals surface area contributed by atoms with Crippen LogP contribution >= 0.6 is 58.3 Å². The Morgan fingerprint density at radius 2 is 1.47 bits per heavy atom. The summed E-state index contributed by atoms with van der Waals surface area (Å²) in [6.45, 7) is 6.94. The van der Waals surface area contributed by atoms with Gasteiger partial charge in [-0.3, -0.25) is 0 Å². The van der Waals surface area contributed by atoms with Crippen LogP contribution < -0.4 is 0 Å². The first-order valence-electron chi connectivity index (χ1n) is 6.16. The Morgan fingerprint density at radius 1 is 1.00 bits per heavy atom. The Bertz CT molecular complexity index is 437. The summed E-state index contributed by atoms with van der Waals surface area (Å²) in [5.74, 6) is 3.11. The van der Waals surface area contributed by atoms with E-state index in [-0.39, 0.29) is 0 Å². The maximum absolute atomic E-state index is 6.10. The molecule has 0 atom stereocenters. The lowest BCUT2D eigenvalue weighted by molar-refractivity contribution is 0.292. The summed E-state index contributed by atoms with van der Waals surface area (Å²) in [4.78, 5) is 0. The van der Waals surface area contributed by atoms with Crippen LogP contribution in [0.5, 0.6) is 0 Å². The summed E-state index contributed by atoms with van der Waals surface area (Å²) in [6.07, 6.45) is 0. The Hall–Kier alpha value is 0.790. The number of halogens is 3. The third-order valence-corrected chi connectivity index (χ3v) is 7.75. The van der Waals surface area contributed by atoms with Crippen molar-refractivity contribution in [3.05, 3.63) is 32.8 Å². The molecule has 1 aromatic rings. The smallest absolute Gasteiger partial charge is 0.0778 e. The second kappa shape index (κ2) is 6.27. The molecule has 19 heavy (non-hydrogen) atoms.